The summed E-state index contributed by atoms with van der Waals surface area (Å²) in [5, 5.41) is 23.0. The molecule has 28 heavy (non-hydrogen) atoms. The SMILES string of the molecule is N#C[C@@H]1[C@@H](c2ccccc2C2=CCCC2)[C@H](CO)N1C(=O)NC1CCCCC1. The van der Waals surface area contributed by atoms with Gasteiger partial charge in [0.1, 0.15) is 6.04 Å². The number of aliphatic hydroxyl groups is 1. The number of likely N-dealkylation sites (tertiary alicyclic amines) is 1. The zero-order valence-electron chi connectivity index (χ0n) is 16.3. The standard InChI is InChI=1S/C23H29N3O2/c24-14-20-22(19-13-7-6-12-18(19)16-8-4-5-9-16)21(15-27)26(20)23(28)25-17-10-2-1-3-11-17/h6-8,12-13,17,20-22,27H,1-5,9-11,15H2,(H,25,28)/t20-,21+,22-/m1/s1. The number of amides is 2. The lowest BCUT2D eigenvalue weighted by Crippen LogP contribution is -2.68. The van der Waals surface area contributed by atoms with E-state index in [0.29, 0.717) is 0 Å². The van der Waals surface area contributed by atoms with Gasteiger partial charge in [-0.2, -0.15) is 5.26 Å². The first-order valence-corrected chi connectivity index (χ1v) is 10.6. The van der Waals surface area contributed by atoms with Crippen LogP contribution in [0.15, 0.2) is 30.3 Å². The zero-order chi connectivity index (χ0) is 19.5. The molecule has 2 fully saturated rings. The van der Waals surface area contributed by atoms with E-state index in [4.69, 9.17) is 0 Å². The molecular weight excluding hydrogens is 350 g/mol. The maximum atomic E-state index is 12.9. The van der Waals surface area contributed by atoms with Crippen molar-refractivity contribution in [2.24, 2.45) is 0 Å². The van der Waals surface area contributed by atoms with Gasteiger partial charge in [-0.1, -0.05) is 49.6 Å². The van der Waals surface area contributed by atoms with Crippen LogP contribution in [0.4, 0.5) is 4.79 Å². The Kier molecular flexibility index (Phi) is 5.68. The highest BCUT2D eigenvalue weighted by molar-refractivity contribution is 5.78. The third-order valence-electron chi connectivity index (χ3n) is 6.61. The van der Waals surface area contributed by atoms with Crippen LogP contribution in [0.5, 0.6) is 0 Å². The monoisotopic (exact) mass is 379 g/mol. The number of allylic oxidation sites excluding steroid dienone is 2. The third-order valence-corrected chi connectivity index (χ3v) is 6.61. The van der Waals surface area contributed by atoms with Crippen LogP contribution in [0.3, 0.4) is 0 Å². The first-order chi connectivity index (χ1) is 13.7. The van der Waals surface area contributed by atoms with Crippen molar-refractivity contribution in [3.05, 3.63) is 41.5 Å². The van der Waals surface area contributed by atoms with Crippen LogP contribution >= 0.6 is 0 Å². The summed E-state index contributed by atoms with van der Waals surface area (Å²) in [4.78, 5) is 14.5. The van der Waals surface area contributed by atoms with Crippen LogP contribution < -0.4 is 5.32 Å². The fourth-order valence-electron chi connectivity index (χ4n) is 5.15. The minimum atomic E-state index is -0.538. The molecule has 1 aromatic rings. The van der Waals surface area contributed by atoms with E-state index in [2.05, 4.69) is 29.6 Å². The minimum Gasteiger partial charge on any atom is -0.394 e. The number of hydrogen-bond acceptors (Lipinski definition) is 3. The van der Waals surface area contributed by atoms with Gasteiger partial charge >= 0.3 is 6.03 Å². The van der Waals surface area contributed by atoms with Crippen LogP contribution in [0.25, 0.3) is 5.57 Å². The second kappa shape index (κ2) is 8.36. The lowest BCUT2D eigenvalue weighted by atomic mass is 9.73. The van der Waals surface area contributed by atoms with E-state index in [1.165, 1.54) is 17.6 Å². The van der Waals surface area contributed by atoms with Crippen molar-refractivity contribution in [2.45, 2.75) is 75.4 Å². The van der Waals surface area contributed by atoms with E-state index in [1.807, 2.05) is 12.1 Å². The number of carbonyl (C=O) groups is 1. The van der Waals surface area contributed by atoms with Gasteiger partial charge in [-0.3, -0.25) is 0 Å². The van der Waals surface area contributed by atoms with Crippen molar-refractivity contribution in [1.29, 1.82) is 5.26 Å². The molecule has 0 unspecified atom stereocenters. The maximum Gasteiger partial charge on any atom is 0.319 e. The van der Waals surface area contributed by atoms with E-state index < -0.39 is 6.04 Å². The Morgan fingerprint density at radius 3 is 2.68 bits per heavy atom. The predicted octanol–water partition coefficient (Wildman–Crippen LogP) is 3.95. The molecule has 1 heterocycles. The van der Waals surface area contributed by atoms with Gasteiger partial charge in [0.15, 0.2) is 0 Å². The Balaban J connectivity index is 1.56. The highest BCUT2D eigenvalue weighted by Crippen LogP contribution is 2.44. The van der Waals surface area contributed by atoms with Crippen LogP contribution in [-0.2, 0) is 0 Å². The molecule has 5 heteroatoms. The quantitative estimate of drug-likeness (QED) is 0.832. The number of nitriles is 1. The highest BCUT2D eigenvalue weighted by Gasteiger charge is 2.52. The fourth-order valence-corrected chi connectivity index (χ4v) is 5.15. The molecular formula is C23H29N3O2. The van der Waals surface area contributed by atoms with Crippen LogP contribution in [0.2, 0.25) is 0 Å². The lowest BCUT2D eigenvalue weighted by Gasteiger charge is -2.52. The number of carbonyl (C=O) groups excluding carboxylic acids is 1. The molecule has 0 aromatic heterocycles. The molecule has 1 saturated heterocycles. The predicted molar refractivity (Wildman–Crippen MR) is 109 cm³/mol. The Bertz CT molecular complexity index is 791. The smallest absolute Gasteiger partial charge is 0.319 e. The molecule has 0 bridgehead atoms. The summed E-state index contributed by atoms with van der Waals surface area (Å²) in [6.07, 6.45) is 11.1. The molecule has 2 amide bonds. The summed E-state index contributed by atoms with van der Waals surface area (Å²) >= 11 is 0. The first kappa shape index (κ1) is 19.0. The van der Waals surface area contributed by atoms with E-state index in [9.17, 15) is 15.2 Å². The van der Waals surface area contributed by atoms with Crippen molar-refractivity contribution >= 4 is 11.6 Å². The molecule has 2 aliphatic carbocycles. The average Bonchev–Trinajstić information content (AvgIpc) is 3.24. The van der Waals surface area contributed by atoms with E-state index >= 15 is 0 Å². The van der Waals surface area contributed by atoms with Gasteiger partial charge in [-0.25, -0.2) is 4.79 Å². The van der Waals surface area contributed by atoms with Gasteiger partial charge in [0.2, 0.25) is 0 Å². The van der Waals surface area contributed by atoms with Crippen LogP contribution in [-0.4, -0.2) is 40.8 Å². The van der Waals surface area contributed by atoms with Crippen LogP contribution in [0.1, 0.15) is 68.4 Å². The number of nitrogens with zero attached hydrogens (tertiary/aromatic N) is 2. The van der Waals surface area contributed by atoms with Crippen molar-refractivity contribution in [3.8, 4) is 6.07 Å². The second-order valence-corrected chi connectivity index (χ2v) is 8.25. The molecule has 0 spiro atoms. The maximum absolute atomic E-state index is 12.9. The second-order valence-electron chi connectivity index (χ2n) is 8.25. The number of aliphatic hydroxyl groups excluding tert-OH is 1. The average molecular weight is 380 g/mol. The Hall–Kier alpha value is -2.32. The molecule has 0 radical (unpaired) electrons. The summed E-state index contributed by atoms with van der Waals surface area (Å²) in [6.45, 7) is -0.131. The molecule has 2 N–H and O–H groups in total. The van der Waals surface area contributed by atoms with Crippen molar-refractivity contribution in [2.75, 3.05) is 6.61 Å². The number of benzene rings is 1. The normalized spacial score (nSPS) is 27.6. The van der Waals surface area contributed by atoms with E-state index in [-0.39, 0.29) is 30.6 Å². The summed E-state index contributed by atoms with van der Waals surface area (Å²) in [7, 11) is 0. The van der Waals surface area contributed by atoms with Gasteiger partial charge in [-0.05, 0) is 48.8 Å². The van der Waals surface area contributed by atoms with Crippen molar-refractivity contribution in [1.82, 2.24) is 10.2 Å². The molecule has 3 aliphatic rings. The van der Waals surface area contributed by atoms with Crippen LogP contribution in [0, 0.1) is 11.3 Å². The summed E-state index contributed by atoms with van der Waals surface area (Å²) in [6, 6.07) is 9.62. The first-order valence-electron chi connectivity index (χ1n) is 10.6. The molecule has 1 aromatic carbocycles. The van der Waals surface area contributed by atoms with E-state index in [0.717, 1.165) is 50.5 Å². The summed E-state index contributed by atoms with van der Waals surface area (Å²) in [5.41, 5.74) is 3.59. The van der Waals surface area contributed by atoms with Gasteiger partial charge in [0, 0.05) is 12.0 Å². The van der Waals surface area contributed by atoms with Crippen molar-refractivity contribution < 1.29 is 9.90 Å². The molecule has 1 saturated carbocycles. The van der Waals surface area contributed by atoms with Crippen molar-refractivity contribution in [3.63, 3.8) is 0 Å². The molecule has 1 aliphatic heterocycles. The topological polar surface area (TPSA) is 76.4 Å². The molecule has 4 rings (SSSR count). The third kappa shape index (κ3) is 3.42. The number of urea groups is 1. The number of nitrogens with one attached hydrogen (secondary N) is 1. The largest absolute Gasteiger partial charge is 0.394 e. The lowest BCUT2D eigenvalue weighted by molar-refractivity contribution is 0.0152. The minimum absolute atomic E-state index is 0.131. The Morgan fingerprint density at radius 2 is 2.00 bits per heavy atom. The molecule has 148 valence electrons. The summed E-state index contributed by atoms with van der Waals surface area (Å²) < 4.78 is 0. The zero-order valence-corrected chi connectivity index (χ0v) is 16.3. The molecule has 3 atom stereocenters. The number of rotatable bonds is 4. The van der Waals surface area contributed by atoms with Gasteiger partial charge in [0.05, 0.1) is 18.7 Å². The summed E-state index contributed by atoms with van der Waals surface area (Å²) in [5.74, 6) is -0.148. The van der Waals surface area contributed by atoms with Gasteiger partial charge in [0.25, 0.3) is 0 Å². The Morgan fingerprint density at radius 1 is 1.21 bits per heavy atom. The highest BCUT2D eigenvalue weighted by atomic mass is 16.3. The number of hydrogen-bond donors (Lipinski definition) is 2. The van der Waals surface area contributed by atoms with E-state index in [1.54, 1.807) is 4.90 Å². The van der Waals surface area contributed by atoms with Gasteiger partial charge < -0.3 is 15.3 Å². The van der Waals surface area contributed by atoms with Gasteiger partial charge in [-0.15, -0.1) is 0 Å². The molecule has 5 nitrogen and oxygen atoms in total. The fraction of sp³-hybridized carbons (Fsp3) is 0.565. The Labute approximate surface area is 167 Å².